The number of aryl methyl sites for hydroxylation is 2. The minimum absolute atomic E-state index is 0.00273. The van der Waals surface area contributed by atoms with E-state index in [9.17, 15) is 27.6 Å². The van der Waals surface area contributed by atoms with E-state index in [2.05, 4.69) is 15.3 Å². The van der Waals surface area contributed by atoms with Crippen LogP contribution in [0.4, 0.5) is 18.9 Å². The van der Waals surface area contributed by atoms with Gasteiger partial charge in [-0.15, -0.1) is 0 Å². The molecule has 0 fully saturated rings. The third kappa shape index (κ3) is 4.85. The fourth-order valence-corrected chi connectivity index (χ4v) is 3.85. The van der Waals surface area contributed by atoms with Gasteiger partial charge < -0.3 is 5.32 Å². The number of alkyl halides is 3. The lowest BCUT2D eigenvalue weighted by molar-refractivity contribution is -0.137. The van der Waals surface area contributed by atoms with E-state index in [0.717, 1.165) is 34.9 Å². The lowest BCUT2D eigenvalue weighted by Crippen LogP contribution is -2.38. The molecule has 3 aromatic rings. The summed E-state index contributed by atoms with van der Waals surface area (Å²) < 4.78 is 40.8. The van der Waals surface area contributed by atoms with Gasteiger partial charge in [0.15, 0.2) is 5.65 Å². The van der Waals surface area contributed by atoms with Crippen LogP contribution in [-0.4, -0.2) is 30.8 Å². The number of amides is 1. The average molecular weight is 467 g/mol. The van der Waals surface area contributed by atoms with Gasteiger partial charge in [0, 0.05) is 26.2 Å². The number of nitrogens with zero attached hydrogens (tertiary/aromatic N) is 4. The van der Waals surface area contributed by atoms with Gasteiger partial charge in [-0.1, -0.05) is 24.8 Å². The third-order valence-electron chi connectivity index (χ3n) is 4.60. The van der Waals surface area contributed by atoms with Crippen LogP contribution in [0.1, 0.15) is 24.7 Å². The van der Waals surface area contributed by atoms with Crippen molar-refractivity contribution in [2.24, 2.45) is 14.1 Å². The molecule has 0 aliphatic rings. The zero-order valence-electron chi connectivity index (χ0n) is 17.5. The Bertz CT molecular complexity index is 1300. The van der Waals surface area contributed by atoms with Crippen molar-refractivity contribution in [3.63, 3.8) is 0 Å². The summed E-state index contributed by atoms with van der Waals surface area (Å²) in [5, 5.41) is 2.75. The van der Waals surface area contributed by atoms with Crippen molar-refractivity contribution in [3.05, 3.63) is 56.5 Å². The molecule has 0 aliphatic heterocycles. The van der Waals surface area contributed by atoms with E-state index in [4.69, 9.17) is 0 Å². The fraction of sp³-hybridized carbons (Fsp3) is 0.350. The topological polar surface area (TPSA) is 98.9 Å². The van der Waals surface area contributed by atoms with Gasteiger partial charge in [-0.2, -0.15) is 13.2 Å². The first-order valence-electron chi connectivity index (χ1n) is 9.59. The van der Waals surface area contributed by atoms with E-state index in [1.807, 2.05) is 6.92 Å². The fourth-order valence-electron chi connectivity index (χ4n) is 3.02. The van der Waals surface area contributed by atoms with E-state index in [1.165, 1.54) is 30.8 Å². The third-order valence-corrected chi connectivity index (χ3v) is 5.58. The second kappa shape index (κ2) is 9.15. The summed E-state index contributed by atoms with van der Waals surface area (Å²) in [5.41, 5.74) is -1.84. The number of aromatic nitrogens is 4. The Morgan fingerprint density at radius 1 is 1.16 bits per heavy atom. The van der Waals surface area contributed by atoms with Crippen molar-refractivity contribution in [1.29, 1.82) is 0 Å². The van der Waals surface area contributed by atoms with Crippen LogP contribution in [0.5, 0.6) is 0 Å². The molecule has 32 heavy (non-hydrogen) atoms. The Kier molecular flexibility index (Phi) is 6.72. The largest absolute Gasteiger partial charge is 0.416 e. The summed E-state index contributed by atoms with van der Waals surface area (Å²) in [6.45, 7) is 1.92. The first-order valence-corrected chi connectivity index (χ1v) is 10.6. The van der Waals surface area contributed by atoms with E-state index in [-0.39, 0.29) is 27.5 Å². The molecule has 170 valence electrons. The molecule has 1 amide bonds. The number of carbonyl (C=O) groups is 1. The van der Waals surface area contributed by atoms with E-state index < -0.39 is 28.9 Å². The molecule has 3 rings (SSSR count). The van der Waals surface area contributed by atoms with Gasteiger partial charge in [-0.25, -0.2) is 14.8 Å². The van der Waals surface area contributed by atoms with Gasteiger partial charge in [0.1, 0.15) is 16.2 Å². The van der Waals surface area contributed by atoms with Crippen LogP contribution < -0.4 is 16.6 Å². The number of hydrogen-bond donors (Lipinski definition) is 1. The van der Waals surface area contributed by atoms with Gasteiger partial charge in [-0.3, -0.25) is 18.7 Å². The zero-order valence-corrected chi connectivity index (χ0v) is 18.3. The van der Waals surface area contributed by atoms with Crippen molar-refractivity contribution in [2.45, 2.75) is 31.0 Å². The molecule has 0 atom stereocenters. The molecule has 0 aliphatic carbocycles. The molecule has 2 aromatic heterocycles. The highest BCUT2D eigenvalue weighted by atomic mass is 32.2. The second-order valence-electron chi connectivity index (χ2n) is 7.01. The van der Waals surface area contributed by atoms with Gasteiger partial charge in [0.05, 0.1) is 11.3 Å². The maximum atomic E-state index is 12.9. The molecular formula is C20H20F3N5O3S. The smallest absolute Gasteiger partial charge is 0.325 e. The van der Waals surface area contributed by atoms with Crippen molar-refractivity contribution in [1.82, 2.24) is 19.1 Å². The number of hydrogen-bond acceptors (Lipinski definition) is 6. The Morgan fingerprint density at radius 3 is 2.53 bits per heavy atom. The number of nitrogens with one attached hydrogen (secondary N) is 1. The number of carbonyl (C=O) groups excluding carboxylic acids is 1. The number of rotatable bonds is 6. The monoisotopic (exact) mass is 467 g/mol. The summed E-state index contributed by atoms with van der Waals surface area (Å²) in [6.07, 6.45) is -3.30. The Labute approximate surface area is 184 Å². The molecule has 0 bridgehead atoms. The number of thioether (sulfide) groups is 1. The van der Waals surface area contributed by atoms with Crippen LogP contribution in [0.2, 0.25) is 0 Å². The van der Waals surface area contributed by atoms with Gasteiger partial charge in [-0.05, 0) is 24.6 Å². The van der Waals surface area contributed by atoms with Crippen LogP contribution >= 0.6 is 11.8 Å². The van der Waals surface area contributed by atoms with Crippen molar-refractivity contribution >= 4 is 34.4 Å². The first-order chi connectivity index (χ1) is 15.0. The standard InChI is InChI=1S/C20H20F3N5O3S/c1-4-6-13-25-16-15(18(30)28(3)19(31)27(16)2)17(26-13)32-10-14(29)24-12-8-5-7-11(9-12)20(21,22)23/h5,7-9H,4,6,10H2,1-3H3,(H,24,29). The molecule has 1 N–H and O–H groups in total. The van der Waals surface area contributed by atoms with Gasteiger partial charge in [0.2, 0.25) is 5.91 Å². The molecule has 0 spiro atoms. The predicted molar refractivity (Wildman–Crippen MR) is 115 cm³/mol. The van der Waals surface area contributed by atoms with Crippen molar-refractivity contribution in [2.75, 3.05) is 11.1 Å². The SMILES string of the molecule is CCCc1nc(SCC(=O)Nc2cccc(C(F)(F)F)c2)c2c(=O)n(C)c(=O)n(C)c2n1. The predicted octanol–water partition coefficient (Wildman–Crippen LogP) is 2.73. The van der Waals surface area contributed by atoms with Gasteiger partial charge >= 0.3 is 11.9 Å². The minimum atomic E-state index is -4.53. The van der Waals surface area contributed by atoms with Crippen LogP contribution in [0.25, 0.3) is 11.0 Å². The van der Waals surface area contributed by atoms with Crippen molar-refractivity contribution < 1.29 is 18.0 Å². The molecule has 12 heteroatoms. The number of halogens is 3. The molecule has 1 aromatic carbocycles. The lowest BCUT2D eigenvalue weighted by atomic mass is 10.2. The normalized spacial score (nSPS) is 11.7. The van der Waals surface area contributed by atoms with E-state index in [0.29, 0.717) is 12.2 Å². The van der Waals surface area contributed by atoms with Crippen molar-refractivity contribution in [3.8, 4) is 0 Å². The molecule has 0 saturated carbocycles. The summed E-state index contributed by atoms with van der Waals surface area (Å²) in [5.74, 6) is -0.358. The Morgan fingerprint density at radius 2 is 1.88 bits per heavy atom. The molecule has 0 saturated heterocycles. The quantitative estimate of drug-likeness (QED) is 0.442. The van der Waals surface area contributed by atoms with E-state index in [1.54, 1.807) is 0 Å². The number of anilines is 1. The molecule has 0 radical (unpaired) electrons. The Balaban J connectivity index is 1.91. The highest BCUT2D eigenvalue weighted by Gasteiger charge is 2.30. The Hall–Kier alpha value is -3.15. The highest BCUT2D eigenvalue weighted by Crippen LogP contribution is 2.31. The maximum Gasteiger partial charge on any atom is 0.416 e. The van der Waals surface area contributed by atoms with E-state index >= 15 is 0 Å². The maximum absolute atomic E-state index is 12.9. The first kappa shape index (κ1) is 23.5. The number of benzene rings is 1. The summed E-state index contributed by atoms with van der Waals surface area (Å²) >= 11 is 0.950. The van der Waals surface area contributed by atoms with Crippen LogP contribution in [0.15, 0.2) is 38.9 Å². The number of fused-ring (bicyclic) bond motifs is 1. The second-order valence-corrected chi connectivity index (χ2v) is 7.98. The summed E-state index contributed by atoms with van der Waals surface area (Å²) in [7, 11) is 2.82. The summed E-state index contributed by atoms with van der Waals surface area (Å²) in [6, 6.07) is 4.30. The lowest BCUT2D eigenvalue weighted by Gasteiger charge is -2.12. The van der Waals surface area contributed by atoms with Gasteiger partial charge in [0.25, 0.3) is 5.56 Å². The van der Waals surface area contributed by atoms with Crippen LogP contribution in [0.3, 0.4) is 0 Å². The van der Waals surface area contributed by atoms with Crippen LogP contribution in [0, 0.1) is 0 Å². The zero-order chi connectivity index (χ0) is 23.6. The minimum Gasteiger partial charge on any atom is -0.325 e. The van der Waals surface area contributed by atoms with Crippen LogP contribution in [-0.2, 0) is 31.5 Å². The molecule has 8 nitrogen and oxygen atoms in total. The highest BCUT2D eigenvalue weighted by molar-refractivity contribution is 8.00. The average Bonchev–Trinajstić information content (AvgIpc) is 2.74. The summed E-state index contributed by atoms with van der Waals surface area (Å²) in [4.78, 5) is 46.1. The molecular weight excluding hydrogens is 447 g/mol. The molecule has 2 heterocycles. The molecule has 0 unspecified atom stereocenters.